The average Bonchev–Trinajstić information content (AvgIpc) is 2.23. The summed E-state index contributed by atoms with van der Waals surface area (Å²) in [6.07, 6.45) is 3.95. The molecule has 2 unspecified atom stereocenters. The van der Waals surface area contributed by atoms with Crippen molar-refractivity contribution in [3.8, 4) is 0 Å². The molecule has 0 aliphatic carbocycles. The number of nitrogens with two attached hydrogens (primary N) is 1. The van der Waals surface area contributed by atoms with E-state index in [-0.39, 0.29) is 5.54 Å². The molecule has 0 aromatic carbocycles. The van der Waals surface area contributed by atoms with Crippen molar-refractivity contribution in [3.05, 3.63) is 0 Å². The Bertz CT molecular complexity index is 220. The zero-order valence-electron chi connectivity index (χ0n) is 12.2. The molecule has 1 saturated heterocycles. The molecule has 0 spiro atoms. The van der Waals surface area contributed by atoms with Crippen LogP contribution in [0.25, 0.3) is 0 Å². The molecular weight excluding hydrogens is 212 g/mol. The fourth-order valence-corrected chi connectivity index (χ4v) is 3.45. The molecule has 0 radical (unpaired) electrons. The molecule has 2 atom stereocenters. The minimum atomic E-state index is 0.140. The van der Waals surface area contributed by atoms with Crippen LogP contribution in [-0.4, -0.2) is 41.8 Å². The maximum Gasteiger partial charge on any atom is 0.0568 e. The van der Waals surface area contributed by atoms with Gasteiger partial charge in [0.25, 0.3) is 0 Å². The van der Waals surface area contributed by atoms with E-state index in [1.54, 1.807) is 0 Å². The molecule has 1 fully saturated rings. The zero-order valence-corrected chi connectivity index (χ0v) is 12.2. The lowest BCUT2D eigenvalue weighted by atomic mass is 9.81. The van der Waals surface area contributed by atoms with Crippen LogP contribution in [0.3, 0.4) is 0 Å². The van der Waals surface area contributed by atoms with Gasteiger partial charge in [-0.25, -0.2) is 0 Å². The van der Waals surface area contributed by atoms with Crippen LogP contribution in [0, 0.1) is 0 Å². The second kappa shape index (κ2) is 6.17. The molecule has 0 amide bonds. The molecule has 1 aliphatic rings. The third-order valence-corrected chi connectivity index (χ3v) is 3.88. The highest BCUT2D eigenvalue weighted by atomic mass is 16.5. The minimum absolute atomic E-state index is 0.140. The summed E-state index contributed by atoms with van der Waals surface area (Å²) in [7, 11) is 0. The van der Waals surface area contributed by atoms with Gasteiger partial charge in [-0.15, -0.1) is 0 Å². The van der Waals surface area contributed by atoms with Gasteiger partial charge in [-0.1, -0.05) is 6.92 Å². The van der Waals surface area contributed by atoms with E-state index in [1.807, 2.05) is 0 Å². The quantitative estimate of drug-likeness (QED) is 0.804. The Morgan fingerprint density at radius 1 is 1.29 bits per heavy atom. The second-order valence-electron chi connectivity index (χ2n) is 5.88. The van der Waals surface area contributed by atoms with Gasteiger partial charge < -0.3 is 10.5 Å². The Balaban J connectivity index is 2.90. The lowest BCUT2D eigenvalue weighted by molar-refractivity contribution is -0.110. The summed E-state index contributed by atoms with van der Waals surface area (Å²) in [6.45, 7) is 13.0. The largest absolute Gasteiger partial charge is 0.375 e. The van der Waals surface area contributed by atoms with Crippen LogP contribution in [0.4, 0.5) is 0 Å². The Morgan fingerprint density at radius 3 is 2.18 bits per heavy atom. The summed E-state index contributed by atoms with van der Waals surface area (Å²) >= 11 is 0. The van der Waals surface area contributed by atoms with Crippen molar-refractivity contribution >= 4 is 0 Å². The predicted molar refractivity (Wildman–Crippen MR) is 73.2 cm³/mol. The Hall–Kier alpha value is -0.120. The third kappa shape index (κ3) is 3.43. The zero-order chi connectivity index (χ0) is 13.1. The molecule has 0 aromatic rings. The van der Waals surface area contributed by atoms with Crippen LogP contribution in [0.2, 0.25) is 0 Å². The van der Waals surface area contributed by atoms with Crippen molar-refractivity contribution in [2.75, 3.05) is 13.1 Å². The van der Waals surface area contributed by atoms with Crippen LogP contribution >= 0.6 is 0 Å². The number of ether oxygens (including phenoxy) is 1. The van der Waals surface area contributed by atoms with Gasteiger partial charge in [0.1, 0.15) is 0 Å². The molecule has 3 nitrogen and oxygen atoms in total. The summed E-state index contributed by atoms with van der Waals surface area (Å²) < 4.78 is 5.87. The first-order valence-corrected chi connectivity index (χ1v) is 7.07. The highest BCUT2D eigenvalue weighted by Crippen LogP contribution is 2.34. The molecule has 1 rings (SSSR count). The lowest BCUT2D eigenvalue weighted by Gasteiger charge is -2.51. The number of rotatable bonds is 5. The maximum atomic E-state index is 6.13. The molecule has 102 valence electrons. The second-order valence-corrected chi connectivity index (χ2v) is 5.88. The van der Waals surface area contributed by atoms with Crippen LogP contribution < -0.4 is 5.73 Å². The number of hydrogen-bond acceptors (Lipinski definition) is 3. The minimum Gasteiger partial charge on any atom is -0.375 e. The van der Waals surface area contributed by atoms with Crippen molar-refractivity contribution in [2.45, 2.75) is 77.7 Å². The van der Waals surface area contributed by atoms with Gasteiger partial charge >= 0.3 is 0 Å². The topological polar surface area (TPSA) is 38.5 Å². The first-order valence-electron chi connectivity index (χ1n) is 7.07. The van der Waals surface area contributed by atoms with Gasteiger partial charge in [0.2, 0.25) is 0 Å². The standard InChI is InChI=1S/C14H30N2O/c1-6-7-16(11(2)3)14(10-15)8-12(4)17-13(5)9-14/h11-13H,6-10,15H2,1-5H3. The molecule has 17 heavy (non-hydrogen) atoms. The summed E-state index contributed by atoms with van der Waals surface area (Å²) in [5, 5.41) is 0. The molecule has 3 heteroatoms. The fraction of sp³-hybridized carbons (Fsp3) is 1.00. The van der Waals surface area contributed by atoms with Gasteiger partial charge in [-0.3, -0.25) is 4.90 Å². The first-order chi connectivity index (χ1) is 7.95. The summed E-state index contributed by atoms with van der Waals surface area (Å²) in [4.78, 5) is 2.60. The number of nitrogens with zero attached hydrogens (tertiary/aromatic N) is 1. The van der Waals surface area contributed by atoms with E-state index in [1.165, 1.54) is 6.42 Å². The van der Waals surface area contributed by atoms with Gasteiger partial charge in [0.15, 0.2) is 0 Å². The van der Waals surface area contributed by atoms with Crippen molar-refractivity contribution in [1.82, 2.24) is 4.90 Å². The normalized spacial score (nSPS) is 34.6. The van der Waals surface area contributed by atoms with Crippen molar-refractivity contribution in [3.63, 3.8) is 0 Å². The van der Waals surface area contributed by atoms with Gasteiger partial charge in [0.05, 0.1) is 12.2 Å². The van der Waals surface area contributed by atoms with E-state index in [2.05, 4.69) is 39.5 Å². The summed E-state index contributed by atoms with van der Waals surface area (Å²) in [6, 6.07) is 0.552. The predicted octanol–water partition coefficient (Wildman–Crippen LogP) is 2.39. The Labute approximate surface area is 107 Å². The van der Waals surface area contributed by atoms with Gasteiger partial charge in [0, 0.05) is 18.1 Å². The van der Waals surface area contributed by atoms with Crippen LogP contribution in [0.5, 0.6) is 0 Å². The Kier molecular flexibility index (Phi) is 5.42. The monoisotopic (exact) mass is 242 g/mol. The molecule has 0 saturated carbocycles. The van der Waals surface area contributed by atoms with E-state index >= 15 is 0 Å². The highest BCUT2D eigenvalue weighted by molar-refractivity contribution is 4.98. The molecular formula is C14H30N2O. The van der Waals surface area contributed by atoms with Crippen LogP contribution in [0.1, 0.15) is 53.9 Å². The number of hydrogen-bond donors (Lipinski definition) is 1. The van der Waals surface area contributed by atoms with Crippen molar-refractivity contribution in [1.29, 1.82) is 0 Å². The SMILES string of the molecule is CCCN(C(C)C)C1(CN)CC(C)OC(C)C1. The van der Waals surface area contributed by atoms with E-state index in [0.717, 1.165) is 25.9 Å². The average molecular weight is 242 g/mol. The van der Waals surface area contributed by atoms with Crippen molar-refractivity contribution < 1.29 is 4.74 Å². The molecule has 1 heterocycles. The molecule has 0 aromatic heterocycles. The first kappa shape index (κ1) is 14.9. The van der Waals surface area contributed by atoms with Crippen molar-refractivity contribution in [2.24, 2.45) is 5.73 Å². The third-order valence-electron chi connectivity index (χ3n) is 3.88. The lowest BCUT2D eigenvalue weighted by Crippen LogP contribution is -2.61. The molecule has 2 N–H and O–H groups in total. The maximum absolute atomic E-state index is 6.13. The van der Waals surface area contributed by atoms with E-state index in [4.69, 9.17) is 10.5 Å². The molecule has 0 bridgehead atoms. The molecule has 1 aliphatic heterocycles. The fourth-order valence-electron chi connectivity index (χ4n) is 3.45. The van der Waals surface area contributed by atoms with E-state index < -0.39 is 0 Å². The van der Waals surface area contributed by atoms with E-state index in [9.17, 15) is 0 Å². The van der Waals surface area contributed by atoms with Gasteiger partial charge in [-0.05, 0) is 53.5 Å². The smallest absolute Gasteiger partial charge is 0.0568 e. The Morgan fingerprint density at radius 2 is 1.82 bits per heavy atom. The summed E-state index contributed by atoms with van der Waals surface area (Å²) in [5.74, 6) is 0. The van der Waals surface area contributed by atoms with Gasteiger partial charge in [-0.2, -0.15) is 0 Å². The van der Waals surface area contributed by atoms with Crippen LogP contribution in [0.15, 0.2) is 0 Å². The van der Waals surface area contributed by atoms with Crippen LogP contribution in [-0.2, 0) is 4.74 Å². The highest BCUT2D eigenvalue weighted by Gasteiger charge is 2.42. The summed E-state index contributed by atoms with van der Waals surface area (Å²) in [5.41, 5.74) is 6.27. The van der Waals surface area contributed by atoms with E-state index in [0.29, 0.717) is 18.2 Å².